The number of aromatic amines is 1. The van der Waals surface area contributed by atoms with Gasteiger partial charge in [-0.1, -0.05) is 94.9 Å². The zero-order valence-corrected chi connectivity index (χ0v) is 33.9. The van der Waals surface area contributed by atoms with Crippen LogP contribution in [0.1, 0.15) is 22.3 Å². The van der Waals surface area contributed by atoms with Gasteiger partial charge in [0, 0.05) is 59.3 Å². The number of hydrogen-bond donors (Lipinski definition) is 1. The molecule has 0 aliphatic carbocycles. The number of aliphatic imine (C=N–C) groups is 3. The molecule has 8 bridgehead atoms. The molecule has 4 aliphatic rings. The number of H-pyrrole nitrogens is 1. The highest BCUT2D eigenvalue weighted by Gasteiger charge is 2.64. The fourth-order valence-corrected chi connectivity index (χ4v) is 8.20. The largest absolute Gasteiger partial charge is 0.385 e. The quantitative estimate of drug-likeness (QED) is 0.130. The molecule has 0 amide bonds. The Morgan fingerprint density at radius 1 is 0.475 bits per heavy atom. The summed E-state index contributed by atoms with van der Waals surface area (Å²) in [7, 11) is 0. The van der Waals surface area contributed by atoms with E-state index in [1.807, 2.05) is 36.4 Å². The summed E-state index contributed by atoms with van der Waals surface area (Å²) in [5.41, 5.74) is 4.37. The van der Waals surface area contributed by atoms with E-state index in [4.69, 9.17) is 68.0 Å². The Morgan fingerprint density at radius 2 is 0.847 bits per heavy atom. The summed E-state index contributed by atoms with van der Waals surface area (Å²) in [5, 5.41) is -1.93. The number of alkyl halides is 5. The molecule has 1 atom stereocenters. The Kier molecular flexibility index (Phi) is 10.1. The third-order valence-electron chi connectivity index (χ3n) is 10.3. The van der Waals surface area contributed by atoms with E-state index >= 15 is 17.6 Å². The van der Waals surface area contributed by atoms with Gasteiger partial charge in [-0.3, -0.25) is 4.99 Å². The van der Waals surface area contributed by atoms with Crippen molar-refractivity contribution in [2.75, 3.05) is 0 Å². The number of nitrogens with zero attached hydrogens (tertiary/aromatic N) is 3. The lowest BCUT2D eigenvalue weighted by atomic mass is 9.78. The summed E-state index contributed by atoms with van der Waals surface area (Å²) in [4.78, 5) is 18.2. The molecule has 9 rings (SSSR count). The van der Waals surface area contributed by atoms with Crippen LogP contribution >= 0.6 is 58.0 Å². The molecule has 1 aromatic heterocycles. The topological polar surface area (TPSA) is 52.9 Å². The number of aromatic nitrogens is 1. The molecule has 0 fully saturated rings. The maximum Gasteiger partial charge on any atom is 0.385 e. The van der Waals surface area contributed by atoms with E-state index < -0.39 is 17.2 Å². The van der Waals surface area contributed by atoms with E-state index in [1.54, 1.807) is 97.1 Å². The summed E-state index contributed by atoms with van der Waals surface area (Å²) in [6, 6.07) is 30.9. The Labute approximate surface area is 359 Å². The first-order chi connectivity index (χ1) is 28.3. The Morgan fingerprint density at radius 3 is 1.25 bits per heavy atom. The number of benzene rings is 4. The molecular formula is C46H25Cl5F4N4. The van der Waals surface area contributed by atoms with Crippen LogP contribution in [0.15, 0.2) is 172 Å². The number of rotatable bonds is 6. The van der Waals surface area contributed by atoms with Gasteiger partial charge >= 0.3 is 11.3 Å². The number of fused-ring (bicyclic) bond motifs is 6. The minimum Gasteiger partial charge on any atom is -0.354 e. The third kappa shape index (κ3) is 7.17. The molecule has 0 radical (unpaired) electrons. The van der Waals surface area contributed by atoms with Gasteiger partial charge in [-0.2, -0.15) is 17.6 Å². The molecule has 59 heavy (non-hydrogen) atoms. The predicted octanol–water partition coefficient (Wildman–Crippen LogP) is 12.3. The van der Waals surface area contributed by atoms with Crippen LogP contribution in [0.5, 0.6) is 0 Å². The second-order valence-corrected chi connectivity index (χ2v) is 16.1. The maximum atomic E-state index is 16.8. The van der Waals surface area contributed by atoms with E-state index in [-0.39, 0.29) is 33.8 Å². The highest BCUT2D eigenvalue weighted by molar-refractivity contribution is 6.36. The normalized spacial score (nSPS) is 17.8. The van der Waals surface area contributed by atoms with Crippen LogP contribution in [-0.2, 0) is 0 Å². The smallest absolute Gasteiger partial charge is 0.354 e. The zero-order valence-electron chi connectivity index (χ0n) is 30.1. The predicted molar refractivity (Wildman–Crippen MR) is 233 cm³/mol. The molecule has 4 nitrogen and oxygen atoms in total. The van der Waals surface area contributed by atoms with Gasteiger partial charge in [-0.05, 0) is 124 Å². The fourth-order valence-electron chi connectivity index (χ4n) is 7.59. The summed E-state index contributed by atoms with van der Waals surface area (Å²) in [5.74, 6) is -7.30. The molecule has 0 saturated carbocycles. The first-order valence-corrected chi connectivity index (χ1v) is 19.9. The lowest BCUT2D eigenvalue weighted by molar-refractivity contribution is -0.168. The fraction of sp³-hybridized carbons (Fsp3) is 0.0652. The average molecular weight is 887 g/mol. The molecule has 1 unspecified atom stereocenters. The molecular weight excluding hydrogens is 862 g/mol. The first kappa shape index (κ1) is 39.3. The second kappa shape index (κ2) is 15.1. The van der Waals surface area contributed by atoms with Crippen molar-refractivity contribution in [3.05, 3.63) is 210 Å². The summed E-state index contributed by atoms with van der Waals surface area (Å²) < 4.78 is 64.3. The van der Waals surface area contributed by atoms with Gasteiger partial charge in [0.2, 0.25) is 0 Å². The highest BCUT2D eigenvalue weighted by atomic mass is 35.5. The van der Waals surface area contributed by atoms with Crippen molar-refractivity contribution in [1.29, 1.82) is 0 Å². The van der Waals surface area contributed by atoms with Crippen molar-refractivity contribution in [3.8, 4) is 0 Å². The molecule has 5 heterocycles. The summed E-state index contributed by atoms with van der Waals surface area (Å²) in [6.07, 6.45) is 7.96. The van der Waals surface area contributed by atoms with Crippen molar-refractivity contribution in [3.63, 3.8) is 0 Å². The van der Waals surface area contributed by atoms with Gasteiger partial charge in [0.1, 0.15) is 5.92 Å². The van der Waals surface area contributed by atoms with Crippen molar-refractivity contribution < 1.29 is 17.6 Å². The van der Waals surface area contributed by atoms with Crippen molar-refractivity contribution in [2.24, 2.45) is 20.9 Å². The van der Waals surface area contributed by atoms with Crippen LogP contribution in [0.2, 0.25) is 20.1 Å². The number of halogens is 9. The molecule has 292 valence electrons. The molecule has 5 aromatic rings. The third-order valence-corrected chi connectivity index (χ3v) is 11.5. The van der Waals surface area contributed by atoms with E-state index in [0.717, 1.165) is 11.1 Å². The molecule has 4 aromatic carbocycles. The van der Waals surface area contributed by atoms with Crippen molar-refractivity contribution in [1.82, 2.24) is 4.98 Å². The lowest BCUT2D eigenvalue weighted by Crippen LogP contribution is -2.46. The van der Waals surface area contributed by atoms with Crippen molar-refractivity contribution >= 4 is 97.4 Å². The second-order valence-electron chi connectivity index (χ2n) is 13.9. The van der Waals surface area contributed by atoms with Crippen LogP contribution in [-0.4, -0.2) is 33.4 Å². The summed E-state index contributed by atoms with van der Waals surface area (Å²) >= 11 is 30.6. The number of hydrogen-bond acceptors (Lipinski definition) is 3. The molecule has 13 heteroatoms. The average Bonchev–Trinajstić information content (AvgIpc) is 4.04. The van der Waals surface area contributed by atoms with E-state index in [2.05, 4.69) is 9.98 Å². The van der Waals surface area contributed by atoms with Crippen LogP contribution in [0.25, 0.3) is 22.3 Å². The van der Waals surface area contributed by atoms with Gasteiger partial charge in [0.05, 0.1) is 28.5 Å². The van der Waals surface area contributed by atoms with Gasteiger partial charge in [0.25, 0.3) is 0 Å². The Bertz CT molecular complexity index is 2760. The maximum absolute atomic E-state index is 16.8. The van der Waals surface area contributed by atoms with Crippen LogP contribution in [0, 0.1) is 5.92 Å². The first-order valence-electron chi connectivity index (χ1n) is 18.0. The van der Waals surface area contributed by atoms with Crippen LogP contribution < -0.4 is 10.7 Å². The SMILES string of the molecule is FC(F)(Cl)C(F)(F)C1C2=CN=C1C(c1ccc(Cl)cc1)=C1C=CC(=N1)C(c1ccc(Cl)cc1)=c1ccc([nH]1)=C(c1ccc(Cl)cc1)C1=NC(=C2c2ccc(Cl)cc2)C=C1. The van der Waals surface area contributed by atoms with Crippen LogP contribution in [0.3, 0.4) is 0 Å². The van der Waals surface area contributed by atoms with Crippen LogP contribution in [0.4, 0.5) is 17.6 Å². The summed E-state index contributed by atoms with van der Waals surface area (Å²) in [6.45, 7) is 0. The minimum absolute atomic E-state index is 0.0736. The minimum atomic E-state index is -5.02. The molecule has 0 saturated heterocycles. The molecule has 1 N–H and O–H groups in total. The van der Waals surface area contributed by atoms with Crippen molar-refractivity contribution in [2.45, 2.75) is 11.3 Å². The number of nitrogens with one attached hydrogen (secondary N) is 1. The van der Waals surface area contributed by atoms with E-state index in [0.29, 0.717) is 64.5 Å². The Balaban J connectivity index is 1.44. The standard InChI is InChI=1S/C46H25Cl5F4N4/c47-28-9-1-24(2-10-28)39-32-23-56-44(43(32)45(52,53)46(51,54)55)42(27-7-15-31(50)16-8-27)38-22-21-37(59-38)41(26-5-13-30(49)14-6-26)36-20-19-35(58-36)40(34-18-17-33(39)57-34)25-3-11-29(48)12-4-25/h1-23,43,58H. The highest BCUT2D eigenvalue weighted by Crippen LogP contribution is 2.53. The van der Waals surface area contributed by atoms with E-state index in [9.17, 15) is 0 Å². The zero-order chi connectivity index (χ0) is 41.2. The van der Waals surface area contributed by atoms with Gasteiger partial charge in [-0.15, -0.1) is 0 Å². The van der Waals surface area contributed by atoms with Gasteiger partial charge in [-0.25, -0.2) is 9.98 Å². The number of allylic oxidation sites excluding steroid dienone is 7. The Hall–Kier alpha value is -5.22. The van der Waals surface area contributed by atoms with Gasteiger partial charge < -0.3 is 4.98 Å². The lowest BCUT2D eigenvalue weighted by Gasteiger charge is -2.32. The van der Waals surface area contributed by atoms with E-state index in [1.165, 1.54) is 6.20 Å². The molecule has 4 aliphatic heterocycles. The molecule has 0 spiro atoms. The monoisotopic (exact) mass is 884 g/mol. The van der Waals surface area contributed by atoms with Gasteiger partial charge in [0.15, 0.2) is 0 Å².